The van der Waals surface area contributed by atoms with E-state index >= 15 is 0 Å². The van der Waals surface area contributed by atoms with Crippen molar-refractivity contribution in [3.63, 3.8) is 0 Å². The van der Waals surface area contributed by atoms with Crippen LogP contribution in [-0.2, 0) is 0 Å². The number of carbonyl (C=O) groups excluding carboxylic acids is 2. The summed E-state index contributed by atoms with van der Waals surface area (Å²) < 4.78 is 0. The average Bonchev–Trinajstić information content (AvgIpc) is 3.09. The summed E-state index contributed by atoms with van der Waals surface area (Å²) in [5, 5.41) is 7.78. The molecule has 23 heavy (non-hydrogen) atoms. The summed E-state index contributed by atoms with van der Waals surface area (Å²) in [7, 11) is 0. The molecule has 0 spiro atoms. The lowest BCUT2D eigenvalue weighted by Crippen LogP contribution is -2.13. The number of carbonyl (C=O) groups is 2. The van der Waals surface area contributed by atoms with Crippen LogP contribution in [0.2, 0.25) is 0 Å². The van der Waals surface area contributed by atoms with Crippen LogP contribution in [0.15, 0.2) is 60.4 Å². The Hall–Kier alpha value is -3.06. The van der Waals surface area contributed by atoms with Gasteiger partial charge in [0.25, 0.3) is 11.8 Å². The number of benzene rings is 1. The Morgan fingerprint density at radius 3 is 2.35 bits per heavy atom. The van der Waals surface area contributed by atoms with Gasteiger partial charge in [0.1, 0.15) is 0 Å². The Balaban J connectivity index is 1.65. The first kappa shape index (κ1) is 14.9. The van der Waals surface area contributed by atoms with Crippen molar-refractivity contribution in [1.82, 2.24) is 9.97 Å². The van der Waals surface area contributed by atoms with E-state index in [2.05, 4.69) is 20.6 Å². The number of anilines is 2. The minimum atomic E-state index is -0.252. The molecule has 0 fully saturated rings. The van der Waals surface area contributed by atoms with Crippen molar-refractivity contribution in [2.75, 3.05) is 10.6 Å². The molecule has 3 rings (SSSR count). The SMILES string of the molecule is O=C(Nc1ccc(C(=O)Nc2nccs2)cc1)c1cccnc1. The third-order valence-corrected chi connectivity index (χ3v) is 3.67. The maximum absolute atomic E-state index is 12.0. The van der Waals surface area contributed by atoms with Crippen molar-refractivity contribution in [3.8, 4) is 0 Å². The molecule has 6 nitrogen and oxygen atoms in total. The minimum Gasteiger partial charge on any atom is -0.322 e. The molecular formula is C16H12N4O2S. The topological polar surface area (TPSA) is 84.0 Å². The van der Waals surface area contributed by atoms with E-state index in [1.807, 2.05) is 0 Å². The number of hydrogen-bond donors (Lipinski definition) is 2. The van der Waals surface area contributed by atoms with E-state index < -0.39 is 0 Å². The Kier molecular flexibility index (Phi) is 4.39. The Bertz CT molecular complexity index is 802. The van der Waals surface area contributed by atoms with E-state index in [1.165, 1.54) is 17.5 Å². The van der Waals surface area contributed by atoms with Crippen LogP contribution < -0.4 is 10.6 Å². The summed E-state index contributed by atoms with van der Waals surface area (Å²) >= 11 is 1.35. The van der Waals surface area contributed by atoms with Crippen LogP contribution in [0.5, 0.6) is 0 Å². The summed E-state index contributed by atoms with van der Waals surface area (Å²) in [4.78, 5) is 31.9. The maximum atomic E-state index is 12.0. The van der Waals surface area contributed by atoms with E-state index in [1.54, 1.807) is 54.2 Å². The number of rotatable bonds is 4. The number of thiazole rings is 1. The molecule has 0 bridgehead atoms. The van der Waals surface area contributed by atoms with Crippen molar-refractivity contribution in [1.29, 1.82) is 0 Å². The lowest BCUT2D eigenvalue weighted by Gasteiger charge is -2.06. The van der Waals surface area contributed by atoms with Crippen molar-refractivity contribution in [2.24, 2.45) is 0 Å². The van der Waals surface area contributed by atoms with E-state index in [4.69, 9.17) is 0 Å². The number of aromatic nitrogens is 2. The van der Waals surface area contributed by atoms with Crippen LogP contribution in [0, 0.1) is 0 Å². The molecule has 0 aliphatic carbocycles. The van der Waals surface area contributed by atoms with Gasteiger partial charge in [0, 0.05) is 35.2 Å². The smallest absolute Gasteiger partial charge is 0.257 e. The van der Waals surface area contributed by atoms with Gasteiger partial charge in [-0.3, -0.25) is 19.9 Å². The van der Waals surface area contributed by atoms with Crippen LogP contribution in [0.1, 0.15) is 20.7 Å². The molecule has 7 heteroatoms. The first-order chi connectivity index (χ1) is 11.2. The second-order valence-corrected chi connectivity index (χ2v) is 5.46. The lowest BCUT2D eigenvalue weighted by atomic mass is 10.2. The van der Waals surface area contributed by atoms with Crippen molar-refractivity contribution in [2.45, 2.75) is 0 Å². The molecule has 2 aromatic heterocycles. The molecule has 2 N–H and O–H groups in total. The van der Waals surface area contributed by atoms with Crippen molar-refractivity contribution < 1.29 is 9.59 Å². The first-order valence-corrected chi connectivity index (χ1v) is 7.62. The van der Waals surface area contributed by atoms with Gasteiger partial charge >= 0.3 is 0 Å². The summed E-state index contributed by atoms with van der Waals surface area (Å²) in [5.74, 6) is -0.497. The number of nitrogens with one attached hydrogen (secondary N) is 2. The summed E-state index contributed by atoms with van der Waals surface area (Å²) in [6.07, 6.45) is 4.72. The molecule has 0 unspecified atom stereocenters. The highest BCUT2D eigenvalue weighted by molar-refractivity contribution is 7.13. The highest BCUT2D eigenvalue weighted by Crippen LogP contribution is 2.15. The van der Waals surface area contributed by atoms with Gasteiger partial charge in [-0.1, -0.05) is 0 Å². The highest BCUT2D eigenvalue weighted by atomic mass is 32.1. The van der Waals surface area contributed by atoms with Crippen molar-refractivity contribution >= 4 is 34.0 Å². The fraction of sp³-hybridized carbons (Fsp3) is 0. The van der Waals surface area contributed by atoms with Gasteiger partial charge in [-0.15, -0.1) is 11.3 Å². The third-order valence-electron chi connectivity index (χ3n) is 2.98. The van der Waals surface area contributed by atoms with E-state index in [0.717, 1.165) is 0 Å². The zero-order valence-electron chi connectivity index (χ0n) is 11.9. The van der Waals surface area contributed by atoms with E-state index in [0.29, 0.717) is 21.9 Å². The maximum Gasteiger partial charge on any atom is 0.257 e. The Morgan fingerprint density at radius 1 is 0.913 bits per heavy atom. The molecule has 2 amide bonds. The van der Waals surface area contributed by atoms with Crippen LogP contribution in [0.25, 0.3) is 0 Å². The van der Waals surface area contributed by atoms with Crippen LogP contribution in [0.4, 0.5) is 10.8 Å². The average molecular weight is 324 g/mol. The van der Waals surface area contributed by atoms with Crippen LogP contribution in [-0.4, -0.2) is 21.8 Å². The van der Waals surface area contributed by atoms with Crippen molar-refractivity contribution in [3.05, 3.63) is 71.5 Å². The molecule has 0 saturated carbocycles. The third kappa shape index (κ3) is 3.78. The Morgan fingerprint density at radius 2 is 1.70 bits per heavy atom. The summed E-state index contributed by atoms with van der Waals surface area (Å²) in [6.45, 7) is 0. The fourth-order valence-electron chi connectivity index (χ4n) is 1.86. The second kappa shape index (κ2) is 6.80. The second-order valence-electron chi connectivity index (χ2n) is 4.56. The molecule has 0 saturated heterocycles. The molecule has 2 heterocycles. The van der Waals surface area contributed by atoms with Gasteiger partial charge in [0.05, 0.1) is 5.56 Å². The predicted octanol–water partition coefficient (Wildman–Crippen LogP) is 3.04. The summed E-state index contributed by atoms with van der Waals surface area (Å²) in [6, 6.07) is 10.00. The Labute approximate surface area is 136 Å². The van der Waals surface area contributed by atoms with Crippen LogP contribution >= 0.6 is 11.3 Å². The van der Waals surface area contributed by atoms with E-state index in [-0.39, 0.29) is 11.8 Å². The summed E-state index contributed by atoms with van der Waals surface area (Å²) in [5.41, 5.74) is 1.56. The van der Waals surface area contributed by atoms with Gasteiger partial charge < -0.3 is 5.32 Å². The molecular weight excluding hydrogens is 312 g/mol. The first-order valence-electron chi connectivity index (χ1n) is 6.74. The lowest BCUT2D eigenvalue weighted by molar-refractivity contribution is 0.101. The van der Waals surface area contributed by atoms with Gasteiger partial charge in [-0.25, -0.2) is 4.98 Å². The zero-order valence-corrected chi connectivity index (χ0v) is 12.7. The molecule has 0 radical (unpaired) electrons. The molecule has 114 valence electrons. The normalized spacial score (nSPS) is 10.1. The number of nitrogens with zero attached hydrogens (tertiary/aromatic N) is 2. The largest absolute Gasteiger partial charge is 0.322 e. The fourth-order valence-corrected chi connectivity index (χ4v) is 2.38. The number of amides is 2. The number of pyridine rings is 1. The molecule has 0 atom stereocenters. The molecule has 0 aliphatic heterocycles. The quantitative estimate of drug-likeness (QED) is 0.772. The molecule has 3 aromatic rings. The highest BCUT2D eigenvalue weighted by Gasteiger charge is 2.09. The molecule has 1 aromatic carbocycles. The van der Waals surface area contributed by atoms with Crippen LogP contribution in [0.3, 0.4) is 0 Å². The van der Waals surface area contributed by atoms with Gasteiger partial charge in [0.15, 0.2) is 5.13 Å². The van der Waals surface area contributed by atoms with Gasteiger partial charge in [-0.2, -0.15) is 0 Å². The van der Waals surface area contributed by atoms with Gasteiger partial charge in [-0.05, 0) is 36.4 Å². The zero-order chi connectivity index (χ0) is 16.1. The monoisotopic (exact) mass is 324 g/mol. The van der Waals surface area contributed by atoms with E-state index in [9.17, 15) is 9.59 Å². The van der Waals surface area contributed by atoms with Gasteiger partial charge in [0.2, 0.25) is 0 Å². The number of hydrogen-bond acceptors (Lipinski definition) is 5. The minimum absolute atomic E-state index is 0.245. The standard InChI is InChI=1S/C16H12N4O2S/c21-14(20-16-18-8-9-23-16)11-3-5-13(6-4-11)19-15(22)12-2-1-7-17-10-12/h1-10H,(H,19,22)(H,18,20,21). The predicted molar refractivity (Wildman–Crippen MR) is 88.7 cm³/mol. The molecule has 0 aliphatic rings.